The number of nitrogens with zero attached hydrogens (tertiary/aromatic N) is 1. The summed E-state index contributed by atoms with van der Waals surface area (Å²) in [5.74, 6) is -0.871. The average molecular weight is 253 g/mol. The molecule has 100 valence electrons. The van der Waals surface area contributed by atoms with Gasteiger partial charge < -0.3 is 10.6 Å². The lowest BCUT2D eigenvalue weighted by Crippen LogP contribution is -2.33. The Morgan fingerprint density at radius 1 is 1.50 bits per heavy atom. The van der Waals surface area contributed by atoms with Crippen molar-refractivity contribution in [1.82, 2.24) is 10.3 Å². The summed E-state index contributed by atoms with van der Waals surface area (Å²) in [4.78, 5) is 15.8. The van der Waals surface area contributed by atoms with Gasteiger partial charge in [-0.05, 0) is 26.3 Å². The second-order valence-electron chi connectivity index (χ2n) is 4.21. The summed E-state index contributed by atoms with van der Waals surface area (Å²) in [5.41, 5.74) is 0.0314. The van der Waals surface area contributed by atoms with Crippen LogP contribution in [-0.2, 0) is 0 Å². The number of hydrogen-bond acceptors (Lipinski definition) is 3. The molecule has 0 saturated carbocycles. The monoisotopic (exact) mass is 253 g/mol. The van der Waals surface area contributed by atoms with Crippen LogP contribution in [-0.4, -0.2) is 23.5 Å². The van der Waals surface area contributed by atoms with E-state index in [4.69, 9.17) is 0 Å². The largest absolute Gasteiger partial charge is 0.368 e. The highest BCUT2D eigenvalue weighted by Gasteiger charge is 2.16. The van der Waals surface area contributed by atoms with Crippen LogP contribution in [0.15, 0.2) is 12.3 Å². The molecule has 0 fully saturated rings. The number of nitrogens with one attached hydrogen (secondary N) is 2. The zero-order valence-electron chi connectivity index (χ0n) is 11.1. The van der Waals surface area contributed by atoms with Gasteiger partial charge in [-0.15, -0.1) is 0 Å². The fourth-order valence-electron chi connectivity index (χ4n) is 1.72. The summed E-state index contributed by atoms with van der Waals surface area (Å²) >= 11 is 0. The minimum Gasteiger partial charge on any atom is -0.368 e. The summed E-state index contributed by atoms with van der Waals surface area (Å²) in [6, 6.07) is 1.43. The van der Waals surface area contributed by atoms with Gasteiger partial charge in [-0.1, -0.05) is 13.3 Å². The third kappa shape index (κ3) is 3.68. The molecule has 1 amide bonds. The van der Waals surface area contributed by atoms with Crippen molar-refractivity contribution in [3.8, 4) is 0 Å². The summed E-state index contributed by atoms with van der Waals surface area (Å²) in [7, 11) is 0. The molecular weight excluding hydrogens is 233 g/mol. The Morgan fingerprint density at radius 3 is 2.83 bits per heavy atom. The highest BCUT2D eigenvalue weighted by molar-refractivity contribution is 5.95. The standard InChI is InChI=1S/C13H20FN3O/c1-4-6-9(3)17-13(18)10-7-8-16-12(11(10)14)15-5-2/h7-9H,4-6H2,1-3H3,(H,15,16)(H,17,18). The maximum atomic E-state index is 14.0. The van der Waals surface area contributed by atoms with Crippen molar-refractivity contribution in [2.75, 3.05) is 11.9 Å². The molecule has 1 heterocycles. The molecule has 1 atom stereocenters. The fraction of sp³-hybridized carbons (Fsp3) is 0.538. The lowest BCUT2D eigenvalue weighted by atomic mass is 10.1. The van der Waals surface area contributed by atoms with E-state index in [1.165, 1.54) is 12.3 Å². The van der Waals surface area contributed by atoms with Gasteiger partial charge in [0.15, 0.2) is 11.6 Å². The Morgan fingerprint density at radius 2 is 2.22 bits per heavy atom. The average Bonchev–Trinajstić information content (AvgIpc) is 2.32. The van der Waals surface area contributed by atoms with E-state index in [9.17, 15) is 9.18 Å². The molecule has 0 aliphatic rings. The van der Waals surface area contributed by atoms with Crippen LogP contribution >= 0.6 is 0 Å². The minimum absolute atomic E-state index is 0.0314. The van der Waals surface area contributed by atoms with Crippen molar-refractivity contribution in [2.24, 2.45) is 0 Å². The number of anilines is 1. The van der Waals surface area contributed by atoms with Crippen LogP contribution in [0.4, 0.5) is 10.2 Å². The molecule has 0 aromatic carbocycles. The number of halogens is 1. The number of aromatic nitrogens is 1. The predicted octanol–water partition coefficient (Wildman–Crippen LogP) is 2.57. The van der Waals surface area contributed by atoms with E-state index in [1.807, 2.05) is 20.8 Å². The SMILES string of the molecule is CCCC(C)NC(=O)c1ccnc(NCC)c1F. The van der Waals surface area contributed by atoms with E-state index in [0.717, 1.165) is 12.8 Å². The van der Waals surface area contributed by atoms with Crippen LogP contribution in [0.5, 0.6) is 0 Å². The van der Waals surface area contributed by atoms with Gasteiger partial charge in [0.25, 0.3) is 5.91 Å². The van der Waals surface area contributed by atoms with Gasteiger partial charge in [-0.3, -0.25) is 4.79 Å². The molecule has 2 N–H and O–H groups in total. The molecule has 1 aromatic heterocycles. The van der Waals surface area contributed by atoms with Crippen molar-refractivity contribution in [3.63, 3.8) is 0 Å². The van der Waals surface area contributed by atoms with E-state index in [2.05, 4.69) is 15.6 Å². The Hall–Kier alpha value is -1.65. The first-order valence-corrected chi connectivity index (χ1v) is 6.29. The summed E-state index contributed by atoms with van der Waals surface area (Å²) < 4.78 is 14.0. The number of amides is 1. The predicted molar refractivity (Wildman–Crippen MR) is 70.2 cm³/mol. The highest BCUT2D eigenvalue weighted by atomic mass is 19.1. The quantitative estimate of drug-likeness (QED) is 0.819. The zero-order valence-corrected chi connectivity index (χ0v) is 11.1. The maximum Gasteiger partial charge on any atom is 0.254 e. The molecule has 1 unspecified atom stereocenters. The van der Waals surface area contributed by atoms with Gasteiger partial charge in [0.1, 0.15) is 0 Å². The Balaban J connectivity index is 2.82. The van der Waals surface area contributed by atoms with Crippen molar-refractivity contribution in [3.05, 3.63) is 23.6 Å². The molecule has 1 rings (SSSR count). The summed E-state index contributed by atoms with van der Waals surface area (Å²) in [6.07, 6.45) is 3.28. The number of rotatable bonds is 6. The second kappa shape index (κ2) is 6.93. The molecule has 0 radical (unpaired) electrons. The van der Waals surface area contributed by atoms with Crippen LogP contribution in [0.3, 0.4) is 0 Å². The fourth-order valence-corrected chi connectivity index (χ4v) is 1.72. The first-order valence-electron chi connectivity index (χ1n) is 6.29. The van der Waals surface area contributed by atoms with Crippen LogP contribution in [0.1, 0.15) is 44.0 Å². The van der Waals surface area contributed by atoms with Crippen LogP contribution in [0.2, 0.25) is 0 Å². The molecule has 5 heteroatoms. The summed E-state index contributed by atoms with van der Waals surface area (Å²) in [5, 5.41) is 5.56. The number of carbonyl (C=O) groups is 1. The topological polar surface area (TPSA) is 54.0 Å². The second-order valence-corrected chi connectivity index (χ2v) is 4.21. The zero-order chi connectivity index (χ0) is 13.5. The van der Waals surface area contributed by atoms with Gasteiger partial charge in [-0.25, -0.2) is 9.37 Å². The van der Waals surface area contributed by atoms with E-state index in [1.54, 1.807) is 0 Å². The van der Waals surface area contributed by atoms with E-state index in [-0.39, 0.29) is 17.4 Å². The lowest BCUT2D eigenvalue weighted by molar-refractivity contribution is 0.0934. The highest BCUT2D eigenvalue weighted by Crippen LogP contribution is 2.15. The Labute approximate surface area is 107 Å². The molecule has 1 aromatic rings. The van der Waals surface area contributed by atoms with Gasteiger partial charge in [-0.2, -0.15) is 0 Å². The molecule has 18 heavy (non-hydrogen) atoms. The Kier molecular flexibility index (Phi) is 5.55. The van der Waals surface area contributed by atoms with E-state index in [0.29, 0.717) is 6.54 Å². The van der Waals surface area contributed by atoms with Crippen LogP contribution in [0, 0.1) is 5.82 Å². The van der Waals surface area contributed by atoms with Crippen molar-refractivity contribution in [2.45, 2.75) is 39.7 Å². The molecule has 4 nitrogen and oxygen atoms in total. The van der Waals surface area contributed by atoms with E-state index >= 15 is 0 Å². The third-order valence-corrected chi connectivity index (χ3v) is 2.58. The third-order valence-electron chi connectivity index (χ3n) is 2.58. The number of pyridine rings is 1. The smallest absolute Gasteiger partial charge is 0.254 e. The molecule has 0 bridgehead atoms. The molecule has 0 saturated heterocycles. The van der Waals surface area contributed by atoms with Crippen LogP contribution < -0.4 is 10.6 Å². The number of carbonyl (C=O) groups excluding carboxylic acids is 1. The first-order chi connectivity index (χ1) is 8.60. The molecule has 0 aliphatic carbocycles. The molecule has 0 spiro atoms. The van der Waals surface area contributed by atoms with Gasteiger partial charge in [0, 0.05) is 18.8 Å². The van der Waals surface area contributed by atoms with Crippen molar-refractivity contribution in [1.29, 1.82) is 0 Å². The lowest BCUT2D eigenvalue weighted by Gasteiger charge is -2.14. The van der Waals surface area contributed by atoms with Crippen molar-refractivity contribution >= 4 is 11.7 Å². The normalized spacial score (nSPS) is 12.0. The van der Waals surface area contributed by atoms with Gasteiger partial charge in [0.2, 0.25) is 0 Å². The van der Waals surface area contributed by atoms with Gasteiger partial charge in [0.05, 0.1) is 5.56 Å². The Bertz CT molecular complexity index is 409. The van der Waals surface area contributed by atoms with Crippen molar-refractivity contribution < 1.29 is 9.18 Å². The maximum absolute atomic E-state index is 14.0. The number of hydrogen-bond donors (Lipinski definition) is 2. The van der Waals surface area contributed by atoms with E-state index < -0.39 is 11.7 Å². The molecule has 0 aliphatic heterocycles. The van der Waals surface area contributed by atoms with Gasteiger partial charge >= 0.3 is 0 Å². The first kappa shape index (κ1) is 14.4. The molecular formula is C13H20FN3O. The minimum atomic E-state index is -0.597. The van der Waals surface area contributed by atoms with Crippen LogP contribution in [0.25, 0.3) is 0 Å². The summed E-state index contributed by atoms with van der Waals surface area (Å²) in [6.45, 7) is 6.35.